The van der Waals surface area contributed by atoms with E-state index < -0.39 is 5.92 Å². The molecule has 0 heterocycles. The van der Waals surface area contributed by atoms with Crippen molar-refractivity contribution in [3.63, 3.8) is 0 Å². The van der Waals surface area contributed by atoms with Crippen LogP contribution >= 0.6 is 0 Å². The second kappa shape index (κ2) is 11.0. The third kappa shape index (κ3) is 8.51. The van der Waals surface area contributed by atoms with Gasteiger partial charge < -0.3 is 5.32 Å². The van der Waals surface area contributed by atoms with Crippen LogP contribution < -0.4 is 16.3 Å². The van der Waals surface area contributed by atoms with E-state index in [1.165, 1.54) is 6.92 Å². The molecule has 8 heteroatoms. The van der Waals surface area contributed by atoms with E-state index in [1.807, 2.05) is 27.7 Å². The molecule has 3 amide bonds. The zero-order valence-corrected chi connectivity index (χ0v) is 14.8. The van der Waals surface area contributed by atoms with Crippen LogP contribution in [0.4, 0.5) is 0 Å². The average molecular weight is 331 g/mol. The molecule has 0 spiro atoms. The molecule has 0 aromatic heterocycles. The Labute approximate surface area is 137 Å². The number of carbonyl (C=O) groups is 3. The molecule has 0 aromatic rings. The first-order chi connectivity index (χ1) is 10.7. The van der Waals surface area contributed by atoms with Gasteiger partial charge in [-0.25, -0.2) is 11.0 Å². The highest BCUT2D eigenvalue weighted by molar-refractivity contribution is 5.79. The second-order valence-corrected chi connectivity index (χ2v) is 6.06. The van der Waals surface area contributed by atoms with Crippen LogP contribution in [0.15, 0.2) is 0 Å². The van der Waals surface area contributed by atoms with Crippen molar-refractivity contribution >= 4 is 17.7 Å². The molecule has 0 rings (SSSR count). The van der Waals surface area contributed by atoms with Crippen LogP contribution in [0.25, 0.3) is 0 Å². The summed E-state index contributed by atoms with van der Waals surface area (Å²) in [5.74, 6) is -1.60. The molecule has 0 aromatic carbocycles. The highest BCUT2D eigenvalue weighted by atomic mass is 16.7. The van der Waals surface area contributed by atoms with Gasteiger partial charge >= 0.3 is 0 Å². The molecule has 2 atom stereocenters. The summed E-state index contributed by atoms with van der Waals surface area (Å²) in [7, 11) is 1.56. The van der Waals surface area contributed by atoms with Gasteiger partial charge in [0.25, 0.3) is 0 Å². The summed E-state index contributed by atoms with van der Waals surface area (Å²) < 4.78 is 0. The van der Waals surface area contributed by atoms with Gasteiger partial charge in [-0.2, -0.15) is 0 Å². The van der Waals surface area contributed by atoms with Crippen molar-refractivity contribution in [1.29, 1.82) is 0 Å². The minimum Gasteiger partial charge on any atom is -0.359 e. The monoisotopic (exact) mass is 331 g/mol. The molecular weight excluding hydrogens is 302 g/mol. The van der Waals surface area contributed by atoms with E-state index in [1.54, 1.807) is 7.05 Å². The number of rotatable bonds is 10. The van der Waals surface area contributed by atoms with E-state index in [-0.39, 0.29) is 48.7 Å². The summed E-state index contributed by atoms with van der Waals surface area (Å²) in [5, 5.41) is 2.57. The second-order valence-electron chi connectivity index (χ2n) is 6.06. The molecular formula is C15H29N3O5. The van der Waals surface area contributed by atoms with E-state index in [4.69, 9.17) is 9.68 Å². The largest absolute Gasteiger partial charge is 0.359 e. The van der Waals surface area contributed by atoms with Gasteiger partial charge in [0.05, 0.1) is 25.0 Å². The van der Waals surface area contributed by atoms with Gasteiger partial charge in [-0.1, -0.05) is 27.7 Å². The molecule has 0 aliphatic heterocycles. The van der Waals surface area contributed by atoms with Gasteiger partial charge in [0, 0.05) is 14.0 Å². The summed E-state index contributed by atoms with van der Waals surface area (Å²) in [6.45, 7) is 8.98. The first-order valence-corrected chi connectivity index (χ1v) is 7.72. The molecule has 8 nitrogen and oxygen atoms in total. The number of hydroxylamine groups is 2. The molecule has 134 valence electrons. The first-order valence-electron chi connectivity index (χ1n) is 7.72. The Morgan fingerprint density at radius 1 is 0.826 bits per heavy atom. The van der Waals surface area contributed by atoms with Crippen LogP contribution in [0.2, 0.25) is 0 Å². The lowest BCUT2D eigenvalue weighted by Gasteiger charge is -2.22. The summed E-state index contributed by atoms with van der Waals surface area (Å²) in [4.78, 5) is 44.8. The van der Waals surface area contributed by atoms with E-state index in [0.717, 1.165) is 0 Å². The fourth-order valence-corrected chi connectivity index (χ4v) is 1.84. The van der Waals surface area contributed by atoms with Crippen LogP contribution in [-0.2, 0) is 24.1 Å². The summed E-state index contributed by atoms with van der Waals surface area (Å²) in [6, 6.07) is 0. The SMILES string of the molecule is CNC(=O)[C@@H](CONC(=O)[C@@H](CONC(C)=O)C(C)C)C(C)C. The summed E-state index contributed by atoms with van der Waals surface area (Å²) in [5.41, 5.74) is 4.54. The first kappa shape index (κ1) is 21.3. The third-order valence-corrected chi connectivity index (χ3v) is 3.44. The van der Waals surface area contributed by atoms with Crippen molar-refractivity contribution in [2.24, 2.45) is 23.7 Å². The molecule has 0 bridgehead atoms. The van der Waals surface area contributed by atoms with Crippen molar-refractivity contribution < 1.29 is 24.1 Å². The molecule has 0 radical (unpaired) electrons. The van der Waals surface area contributed by atoms with Crippen molar-refractivity contribution in [3.05, 3.63) is 0 Å². The van der Waals surface area contributed by atoms with Gasteiger partial charge in [-0.15, -0.1) is 0 Å². The standard InChI is InChI=1S/C15H29N3O5/c1-9(2)12(14(20)16-6)7-23-18-15(21)13(10(3)4)8-22-17-11(5)19/h9-10,12-13H,7-8H2,1-6H3,(H,16,20)(H,17,19)(H,18,21)/t12-,13-/m0/s1. The lowest BCUT2D eigenvalue weighted by atomic mass is 9.96. The highest BCUT2D eigenvalue weighted by Gasteiger charge is 2.25. The van der Waals surface area contributed by atoms with E-state index in [0.29, 0.717) is 0 Å². The van der Waals surface area contributed by atoms with Crippen LogP contribution in [0.1, 0.15) is 34.6 Å². The average Bonchev–Trinajstić information content (AvgIpc) is 2.46. The maximum atomic E-state index is 12.1. The zero-order valence-electron chi connectivity index (χ0n) is 14.8. The van der Waals surface area contributed by atoms with Gasteiger partial charge in [-0.05, 0) is 11.8 Å². The zero-order chi connectivity index (χ0) is 18.0. The molecule has 0 saturated carbocycles. The topological polar surface area (TPSA) is 106 Å². The predicted octanol–water partition coefficient (Wildman–Crippen LogP) is 0.392. The molecule has 0 saturated heterocycles. The third-order valence-electron chi connectivity index (χ3n) is 3.44. The predicted molar refractivity (Wildman–Crippen MR) is 84.6 cm³/mol. The lowest BCUT2D eigenvalue weighted by Crippen LogP contribution is -2.41. The van der Waals surface area contributed by atoms with Crippen molar-refractivity contribution in [3.8, 4) is 0 Å². The van der Waals surface area contributed by atoms with E-state index >= 15 is 0 Å². The molecule has 0 aliphatic carbocycles. The highest BCUT2D eigenvalue weighted by Crippen LogP contribution is 2.13. The molecule has 23 heavy (non-hydrogen) atoms. The quantitative estimate of drug-likeness (QED) is 0.502. The fraction of sp³-hybridized carbons (Fsp3) is 0.800. The van der Waals surface area contributed by atoms with Gasteiger partial charge in [0.2, 0.25) is 17.7 Å². The fourth-order valence-electron chi connectivity index (χ4n) is 1.84. The van der Waals surface area contributed by atoms with Crippen LogP contribution in [-0.4, -0.2) is 38.0 Å². The maximum absolute atomic E-state index is 12.1. The van der Waals surface area contributed by atoms with Gasteiger partial charge in [0.1, 0.15) is 0 Å². The number of amides is 3. The van der Waals surface area contributed by atoms with Gasteiger partial charge in [0.15, 0.2) is 0 Å². The number of hydrogen-bond donors (Lipinski definition) is 3. The van der Waals surface area contributed by atoms with Gasteiger partial charge in [-0.3, -0.25) is 24.1 Å². The van der Waals surface area contributed by atoms with E-state index in [9.17, 15) is 14.4 Å². The minimum atomic E-state index is -0.487. The van der Waals surface area contributed by atoms with Crippen LogP contribution in [0, 0.1) is 23.7 Å². The normalized spacial score (nSPS) is 13.6. The van der Waals surface area contributed by atoms with Crippen LogP contribution in [0.3, 0.4) is 0 Å². The molecule has 0 fully saturated rings. The number of carbonyl (C=O) groups excluding carboxylic acids is 3. The van der Waals surface area contributed by atoms with Crippen molar-refractivity contribution in [2.45, 2.75) is 34.6 Å². The van der Waals surface area contributed by atoms with Crippen molar-refractivity contribution in [1.82, 2.24) is 16.3 Å². The Kier molecular flexibility index (Phi) is 10.2. The minimum absolute atomic E-state index is 0.00723. The Hall–Kier alpha value is -1.67. The van der Waals surface area contributed by atoms with E-state index in [2.05, 4.69) is 16.3 Å². The number of nitrogens with one attached hydrogen (secondary N) is 3. The Morgan fingerprint density at radius 3 is 1.65 bits per heavy atom. The smallest absolute Gasteiger partial charge is 0.249 e. The molecule has 3 N–H and O–H groups in total. The summed E-state index contributed by atoms with van der Waals surface area (Å²) >= 11 is 0. The summed E-state index contributed by atoms with van der Waals surface area (Å²) in [6.07, 6.45) is 0. The lowest BCUT2D eigenvalue weighted by molar-refractivity contribution is -0.149. The van der Waals surface area contributed by atoms with Crippen molar-refractivity contribution in [2.75, 3.05) is 20.3 Å². The molecule has 0 aliphatic rings. The molecule has 0 unspecified atom stereocenters. The van der Waals surface area contributed by atoms with Crippen LogP contribution in [0.5, 0.6) is 0 Å². The Morgan fingerprint density at radius 2 is 1.26 bits per heavy atom. The maximum Gasteiger partial charge on any atom is 0.249 e. The Bertz CT molecular complexity index is 399. The number of hydrogen-bond acceptors (Lipinski definition) is 5. The Balaban J connectivity index is 4.40.